The summed E-state index contributed by atoms with van der Waals surface area (Å²) in [7, 11) is 0. The Morgan fingerprint density at radius 2 is 0.896 bits per heavy atom. The minimum atomic E-state index is -7.16. The van der Waals surface area contributed by atoms with Gasteiger partial charge in [0.05, 0.1) is 23.3 Å². The zero-order valence-electron chi connectivity index (χ0n) is 26.1. The minimum Gasteiger partial charge on any atom is -0.459 e. The number of nitrogens with one attached hydrogen (secondary N) is 2. The first kappa shape index (κ1) is 37.5. The number of alkyl halides is 8. The topological polar surface area (TPSA) is 111 Å². The van der Waals surface area contributed by atoms with Crippen molar-refractivity contribution in [2.24, 2.45) is 0 Å². The van der Waals surface area contributed by atoms with E-state index < -0.39 is 80.8 Å². The molecule has 0 atom stereocenters. The van der Waals surface area contributed by atoms with Gasteiger partial charge in [0.2, 0.25) is 0 Å². The lowest BCUT2D eigenvalue weighted by molar-refractivity contribution is -0.345. The van der Waals surface area contributed by atoms with E-state index in [0.717, 1.165) is 0 Å². The van der Waals surface area contributed by atoms with Gasteiger partial charge >= 0.3 is 47.4 Å². The van der Waals surface area contributed by atoms with Gasteiger partial charge in [-0.05, 0) is 90.2 Å². The van der Waals surface area contributed by atoms with Gasteiger partial charge in [-0.1, -0.05) is 0 Å². The van der Waals surface area contributed by atoms with Crippen LogP contribution < -0.4 is 10.6 Å². The average molecular weight is 733 g/mol. The zero-order valence-corrected chi connectivity index (χ0v) is 27.7. The summed E-state index contributed by atoms with van der Waals surface area (Å²) in [6.07, 6.45) is 1.97. The molecule has 2 aliphatic rings. The van der Waals surface area contributed by atoms with E-state index >= 15 is 0 Å². The van der Waals surface area contributed by atoms with Crippen molar-refractivity contribution >= 4 is 56.4 Å². The Morgan fingerprint density at radius 1 is 0.583 bits per heavy atom. The molecule has 0 unspecified atom stereocenters. The molecule has 0 bridgehead atoms. The van der Waals surface area contributed by atoms with Crippen LogP contribution in [0.15, 0.2) is 0 Å². The summed E-state index contributed by atoms with van der Waals surface area (Å²) < 4.78 is 130. The highest BCUT2D eigenvalue weighted by Crippen LogP contribution is 2.54. The second-order valence-corrected chi connectivity index (χ2v) is 14.2. The molecule has 0 aliphatic heterocycles. The van der Waals surface area contributed by atoms with E-state index in [1.165, 1.54) is 38.3 Å². The molecule has 0 saturated heterocycles. The van der Waals surface area contributed by atoms with Gasteiger partial charge in [-0.25, -0.2) is 9.59 Å². The molecule has 266 valence electrons. The molecular formula is C30H32F8N2O6S2. The van der Waals surface area contributed by atoms with Crippen LogP contribution in [0, 0.1) is 0 Å². The third-order valence-corrected chi connectivity index (χ3v) is 10.1. The van der Waals surface area contributed by atoms with Crippen LogP contribution >= 0.6 is 22.7 Å². The number of carbonyl (C=O) groups is 4. The normalized spacial score (nSPS) is 15.5. The molecule has 0 spiro atoms. The van der Waals surface area contributed by atoms with Crippen LogP contribution in [0.2, 0.25) is 0 Å². The maximum atomic E-state index is 15.0. The number of halogens is 8. The van der Waals surface area contributed by atoms with Crippen LogP contribution in [-0.2, 0) is 44.7 Å². The van der Waals surface area contributed by atoms with Crippen molar-refractivity contribution in [3.8, 4) is 0 Å². The minimum absolute atomic E-state index is 0.236. The first-order chi connectivity index (χ1) is 22.1. The van der Waals surface area contributed by atoms with Gasteiger partial charge in [0.25, 0.3) is 0 Å². The largest absolute Gasteiger partial charge is 0.459 e. The second-order valence-electron chi connectivity index (χ2n) is 11.9. The fraction of sp³-hybridized carbons (Fsp3) is 0.600. The molecule has 8 nitrogen and oxygen atoms in total. The van der Waals surface area contributed by atoms with Gasteiger partial charge in [0.1, 0.15) is 10.0 Å². The van der Waals surface area contributed by atoms with Gasteiger partial charge in [-0.3, -0.25) is 9.59 Å². The lowest BCUT2D eigenvalue weighted by atomic mass is 9.95. The lowest BCUT2D eigenvalue weighted by Crippen LogP contribution is -2.67. The van der Waals surface area contributed by atoms with E-state index in [9.17, 15) is 54.3 Å². The Morgan fingerprint density at radius 3 is 1.21 bits per heavy atom. The Kier molecular flexibility index (Phi) is 10.6. The summed E-state index contributed by atoms with van der Waals surface area (Å²) in [6, 6.07) is 0. The highest BCUT2D eigenvalue weighted by atomic mass is 32.1. The van der Waals surface area contributed by atoms with Crippen molar-refractivity contribution in [3.05, 3.63) is 32.0 Å². The number of rotatable bonds is 11. The van der Waals surface area contributed by atoms with Crippen LogP contribution in [0.5, 0.6) is 0 Å². The summed E-state index contributed by atoms with van der Waals surface area (Å²) in [6.45, 7) is 5.81. The number of esters is 2. The third kappa shape index (κ3) is 6.65. The van der Waals surface area contributed by atoms with Crippen LogP contribution in [0.4, 0.5) is 45.1 Å². The average Bonchev–Trinajstić information content (AvgIpc) is 3.53. The number of carbonyl (C=O) groups excluding carboxylic acids is 4. The molecule has 2 amide bonds. The first-order valence-corrected chi connectivity index (χ1v) is 16.6. The van der Waals surface area contributed by atoms with E-state index in [1.54, 1.807) is 0 Å². The monoisotopic (exact) mass is 732 g/mol. The van der Waals surface area contributed by atoms with Crippen molar-refractivity contribution in [3.63, 3.8) is 0 Å². The van der Waals surface area contributed by atoms with Crippen molar-refractivity contribution in [1.29, 1.82) is 0 Å². The fourth-order valence-corrected chi connectivity index (χ4v) is 7.87. The molecule has 2 aromatic rings. The van der Waals surface area contributed by atoms with Crippen molar-refractivity contribution < 1.29 is 63.8 Å². The molecule has 0 radical (unpaired) electrons. The smallest absolute Gasteiger partial charge is 0.393 e. The number of hydrogen-bond donors (Lipinski definition) is 2. The molecule has 0 saturated carbocycles. The number of ether oxygens (including phenoxy) is 2. The number of aryl methyl sites for hydroxylation is 2. The van der Waals surface area contributed by atoms with E-state index in [1.807, 2.05) is 0 Å². The van der Waals surface area contributed by atoms with Gasteiger partial charge in [-0.2, -0.15) is 35.1 Å². The maximum Gasteiger partial charge on any atom is 0.393 e. The molecule has 0 fully saturated rings. The van der Waals surface area contributed by atoms with Crippen molar-refractivity contribution in [2.75, 3.05) is 10.6 Å². The number of hydrogen-bond acceptors (Lipinski definition) is 8. The summed E-state index contributed by atoms with van der Waals surface area (Å²) in [5.41, 5.74) is -0.277. The van der Waals surface area contributed by atoms with E-state index in [0.29, 0.717) is 82.1 Å². The van der Waals surface area contributed by atoms with Gasteiger partial charge in [-0.15, -0.1) is 22.7 Å². The quantitative estimate of drug-likeness (QED) is 0.180. The van der Waals surface area contributed by atoms with Gasteiger partial charge in [0.15, 0.2) is 0 Å². The third-order valence-electron chi connectivity index (χ3n) is 7.64. The summed E-state index contributed by atoms with van der Waals surface area (Å²) >= 11 is 1.13. The predicted octanol–water partition coefficient (Wildman–Crippen LogP) is 7.82. The Bertz CT molecular complexity index is 1490. The SMILES string of the molecule is CC(C)OC(=O)c1c(NC(=O)C(F)(F)C(F)(F)C(F)(F)C(F)(F)C(=O)Nc2sc3c(c2C(=O)OC(C)C)CCCC3)sc2c1CCCC2. The number of fused-ring (bicyclic) bond motifs is 2. The van der Waals surface area contributed by atoms with Crippen molar-refractivity contribution in [1.82, 2.24) is 0 Å². The Hall–Kier alpha value is -3.28. The molecule has 2 N–H and O–H groups in total. The second kappa shape index (κ2) is 13.6. The molecule has 4 rings (SSSR count). The molecule has 2 heterocycles. The van der Waals surface area contributed by atoms with Gasteiger partial charge in [0, 0.05) is 9.75 Å². The molecule has 2 aliphatic carbocycles. The summed E-state index contributed by atoms with van der Waals surface area (Å²) in [5, 5.41) is 1.28. The van der Waals surface area contributed by atoms with E-state index in [2.05, 4.69) is 0 Å². The molecule has 48 heavy (non-hydrogen) atoms. The Labute approximate surface area is 277 Å². The highest BCUT2D eigenvalue weighted by molar-refractivity contribution is 7.17. The summed E-state index contributed by atoms with van der Waals surface area (Å²) in [5.74, 6) is -35.8. The predicted molar refractivity (Wildman–Crippen MR) is 160 cm³/mol. The standard InChI is InChI=1S/C30H32F8N2O6S2/c1-13(2)45-23(41)19-15-9-5-7-11-17(15)47-21(19)39-25(43)27(31,32)29(35,36)30(37,38)28(33,34)26(44)40-22-20(24(42)46-14(3)4)16-10-6-8-12-18(16)48-22/h13-14H,5-12H2,1-4H3,(H,39,43)(H,40,44). The maximum absolute atomic E-state index is 15.0. The van der Waals surface area contributed by atoms with E-state index in [-0.39, 0.29) is 12.8 Å². The molecule has 0 aromatic carbocycles. The van der Waals surface area contributed by atoms with Crippen LogP contribution in [0.1, 0.15) is 95.0 Å². The number of amides is 2. The molecule has 2 aromatic heterocycles. The van der Waals surface area contributed by atoms with E-state index in [4.69, 9.17) is 9.47 Å². The molecular weight excluding hydrogens is 700 g/mol. The Balaban J connectivity index is 1.63. The summed E-state index contributed by atoms with van der Waals surface area (Å²) in [4.78, 5) is 51.4. The number of anilines is 2. The van der Waals surface area contributed by atoms with Crippen molar-refractivity contribution in [2.45, 2.75) is 115 Å². The van der Waals surface area contributed by atoms with Crippen LogP contribution in [0.25, 0.3) is 0 Å². The van der Waals surface area contributed by atoms with Crippen LogP contribution in [-0.4, -0.2) is 59.7 Å². The lowest BCUT2D eigenvalue weighted by Gasteiger charge is -2.35. The fourth-order valence-electron chi connectivity index (χ4n) is 5.33. The van der Waals surface area contributed by atoms with Crippen LogP contribution in [0.3, 0.4) is 0 Å². The number of thiophene rings is 2. The zero-order chi connectivity index (χ0) is 36.0. The highest BCUT2D eigenvalue weighted by Gasteiger charge is 2.84. The molecule has 18 heteroatoms. The van der Waals surface area contributed by atoms with Gasteiger partial charge < -0.3 is 20.1 Å². The first-order valence-electron chi connectivity index (χ1n) is 15.0.